The smallest absolute Gasteiger partial charge is 0.315 e. The summed E-state index contributed by atoms with van der Waals surface area (Å²) in [5, 5.41) is 14.4. The number of benzene rings is 1. The zero-order chi connectivity index (χ0) is 13.2. The molecule has 2 amide bonds. The molecule has 0 bridgehead atoms. The average Bonchev–Trinajstić information content (AvgIpc) is 2.39. The minimum absolute atomic E-state index is 0.134. The second-order valence-electron chi connectivity index (χ2n) is 4.01. The van der Waals surface area contributed by atoms with Crippen LogP contribution in [0.5, 0.6) is 0 Å². The van der Waals surface area contributed by atoms with Crippen molar-refractivity contribution in [3.05, 3.63) is 35.9 Å². The maximum Gasteiger partial charge on any atom is 0.315 e. The van der Waals surface area contributed by atoms with Crippen molar-refractivity contribution >= 4 is 6.03 Å². The summed E-state index contributed by atoms with van der Waals surface area (Å²) < 4.78 is 11.8. The Morgan fingerprint density at radius 3 is 2.67 bits per heavy atom. The second kappa shape index (κ2) is 8.47. The predicted molar refractivity (Wildman–Crippen MR) is 68.1 cm³/mol. The van der Waals surface area contributed by atoms with E-state index in [0.29, 0.717) is 19.4 Å². The number of hydrogen-bond acceptors (Lipinski definition) is 2. The molecule has 3 N–H and O–H groups in total. The molecule has 0 saturated carbocycles. The van der Waals surface area contributed by atoms with Crippen molar-refractivity contribution < 1.29 is 14.3 Å². The molecule has 4 nitrogen and oxygen atoms in total. The fourth-order valence-electron chi connectivity index (χ4n) is 1.56. The summed E-state index contributed by atoms with van der Waals surface area (Å²) in [5.74, 6) is 0. The van der Waals surface area contributed by atoms with Crippen molar-refractivity contribution in [1.82, 2.24) is 10.6 Å². The lowest BCUT2D eigenvalue weighted by atomic mass is 10.1. The molecule has 1 rings (SSSR count). The maximum absolute atomic E-state index is 11.8. The third-order valence-electron chi connectivity index (χ3n) is 2.48. The third kappa shape index (κ3) is 5.63. The molecule has 1 unspecified atom stereocenters. The number of urea groups is 1. The van der Waals surface area contributed by atoms with E-state index in [0.717, 1.165) is 5.56 Å². The van der Waals surface area contributed by atoms with Gasteiger partial charge in [-0.2, -0.15) is 0 Å². The van der Waals surface area contributed by atoms with E-state index in [1.54, 1.807) is 0 Å². The molecule has 0 aromatic heterocycles. The Morgan fingerprint density at radius 1 is 1.33 bits per heavy atom. The first kappa shape index (κ1) is 14.4. The van der Waals surface area contributed by atoms with Crippen molar-refractivity contribution in [3.8, 4) is 0 Å². The summed E-state index contributed by atoms with van der Waals surface area (Å²) in [4.78, 5) is 11.4. The zero-order valence-electron chi connectivity index (χ0n) is 10.2. The van der Waals surface area contributed by atoms with Gasteiger partial charge in [0.2, 0.25) is 0 Å². The van der Waals surface area contributed by atoms with Gasteiger partial charge < -0.3 is 15.7 Å². The maximum atomic E-state index is 11.8. The Kier molecular flexibility index (Phi) is 6.79. The Labute approximate surface area is 106 Å². The van der Waals surface area contributed by atoms with Crippen molar-refractivity contribution in [2.24, 2.45) is 0 Å². The van der Waals surface area contributed by atoms with Crippen LogP contribution in [0.3, 0.4) is 0 Å². The number of rotatable bonds is 7. The van der Waals surface area contributed by atoms with Gasteiger partial charge in [-0.15, -0.1) is 0 Å². The number of alkyl halides is 1. The van der Waals surface area contributed by atoms with Gasteiger partial charge in [0.1, 0.15) is 0 Å². The summed E-state index contributed by atoms with van der Waals surface area (Å²) in [7, 11) is 0. The van der Waals surface area contributed by atoms with Crippen LogP contribution in [-0.2, 0) is 6.42 Å². The van der Waals surface area contributed by atoms with Gasteiger partial charge in [0, 0.05) is 6.54 Å². The SMILES string of the molecule is O=C(NCCCF)NC(CO)Cc1ccccc1. The Balaban J connectivity index is 2.35. The summed E-state index contributed by atoms with van der Waals surface area (Å²) in [6.45, 7) is -0.287. The standard InChI is InChI=1S/C13H19FN2O2/c14-7-4-8-15-13(18)16-12(10-17)9-11-5-2-1-3-6-11/h1-3,5-6,12,17H,4,7-10H2,(H2,15,16,18). The molecule has 100 valence electrons. The largest absolute Gasteiger partial charge is 0.394 e. The molecule has 0 spiro atoms. The highest BCUT2D eigenvalue weighted by molar-refractivity contribution is 5.74. The van der Waals surface area contributed by atoms with Gasteiger partial charge in [0.25, 0.3) is 0 Å². The van der Waals surface area contributed by atoms with Crippen LogP contribution in [0.1, 0.15) is 12.0 Å². The van der Waals surface area contributed by atoms with Gasteiger partial charge >= 0.3 is 6.03 Å². The lowest BCUT2D eigenvalue weighted by Crippen LogP contribution is -2.45. The molecule has 1 aromatic rings. The number of carbonyl (C=O) groups is 1. The van der Waals surface area contributed by atoms with Crippen molar-refractivity contribution in [3.63, 3.8) is 0 Å². The molecule has 0 fully saturated rings. The summed E-state index contributed by atoms with van der Waals surface area (Å²) in [5.41, 5.74) is 1.04. The van der Waals surface area contributed by atoms with Gasteiger partial charge in [-0.1, -0.05) is 30.3 Å². The minimum Gasteiger partial charge on any atom is -0.394 e. The van der Waals surface area contributed by atoms with E-state index in [4.69, 9.17) is 0 Å². The highest BCUT2D eigenvalue weighted by Gasteiger charge is 2.11. The van der Waals surface area contributed by atoms with Crippen molar-refractivity contribution in [1.29, 1.82) is 0 Å². The molecule has 0 heterocycles. The molecular formula is C13H19FN2O2. The van der Waals surface area contributed by atoms with Crippen LogP contribution < -0.4 is 10.6 Å². The number of aliphatic hydroxyl groups is 1. The summed E-state index contributed by atoms with van der Waals surface area (Å²) in [6.07, 6.45) is 0.865. The fraction of sp³-hybridized carbons (Fsp3) is 0.462. The number of carbonyl (C=O) groups excluding carboxylic acids is 1. The normalized spacial score (nSPS) is 11.9. The van der Waals surface area contributed by atoms with E-state index in [1.165, 1.54) is 0 Å². The third-order valence-corrected chi connectivity index (χ3v) is 2.48. The lowest BCUT2D eigenvalue weighted by molar-refractivity contribution is 0.215. The van der Waals surface area contributed by atoms with Gasteiger partial charge in [-0.3, -0.25) is 4.39 Å². The molecule has 0 radical (unpaired) electrons. The van der Waals surface area contributed by atoms with E-state index in [1.807, 2.05) is 30.3 Å². The molecule has 0 aliphatic rings. The Bertz CT molecular complexity index is 346. The van der Waals surface area contributed by atoms with E-state index in [9.17, 15) is 14.3 Å². The van der Waals surface area contributed by atoms with Crippen LogP contribution in [-0.4, -0.2) is 37.0 Å². The average molecular weight is 254 g/mol. The Morgan fingerprint density at radius 2 is 2.06 bits per heavy atom. The van der Waals surface area contributed by atoms with Crippen molar-refractivity contribution in [2.45, 2.75) is 18.9 Å². The number of halogens is 1. The molecule has 1 aromatic carbocycles. The molecular weight excluding hydrogens is 235 g/mol. The van der Waals surface area contributed by atoms with Crippen LogP contribution in [0, 0.1) is 0 Å². The van der Waals surface area contributed by atoms with E-state index < -0.39 is 6.67 Å². The highest BCUT2D eigenvalue weighted by Crippen LogP contribution is 2.02. The molecule has 5 heteroatoms. The predicted octanol–water partition coefficient (Wildman–Crippen LogP) is 1.25. The van der Waals surface area contributed by atoms with Crippen LogP contribution in [0.15, 0.2) is 30.3 Å². The number of hydrogen-bond donors (Lipinski definition) is 3. The van der Waals surface area contributed by atoms with E-state index in [-0.39, 0.29) is 18.7 Å². The van der Waals surface area contributed by atoms with Crippen LogP contribution in [0.2, 0.25) is 0 Å². The number of aliphatic hydroxyl groups excluding tert-OH is 1. The zero-order valence-corrected chi connectivity index (χ0v) is 10.2. The first-order valence-corrected chi connectivity index (χ1v) is 6.01. The topological polar surface area (TPSA) is 61.4 Å². The molecule has 0 aliphatic carbocycles. The van der Waals surface area contributed by atoms with Crippen molar-refractivity contribution in [2.75, 3.05) is 19.8 Å². The van der Waals surface area contributed by atoms with Gasteiger partial charge in [-0.05, 0) is 18.4 Å². The van der Waals surface area contributed by atoms with Crippen LogP contribution in [0.25, 0.3) is 0 Å². The molecule has 18 heavy (non-hydrogen) atoms. The highest BCUT2D eigenvalue weighted by atomic mass is 19.1. The molecule has 1 atom stereocenters. The number of amides is 2. The molecule has 0 saturated heterocycles. The van der Waals surface area contributed by atoms with Gasteiger partial charge in [0.05, 0.1) is 19.3 Å². The first-order valence-electron chi connectivity index (χ1n) is 6.01. The van der Waals surface area contributed by atoms with E-state index >= 15 is 0 Å². The van der Waals surface area contributed by atoms with Crippen LogP contribution >= 0.6 is 0 Å². The molecule has 0 aliphatic heterocycles. The number of nitrogens with one attached hydrogen (secondary N) is 2. The fourth-order valence-corrected chi connectivity index (χ4v) is 1.56. The first-order chi connectivity index (χ1) is 8.76. The Hall–Kier alpha value is -1.62. The lowest BCUT2D eigenvalue weighted by Gasteiger charge is -2.16. The summed E-state index contributed by atoms with van der Waals surface area (Å²) in [6, 6.07) is 8.89. The van der Waals surface area contributed by atoms with Crippen LogP contribution in [0.4, 0.5) is 9.18 Å². The van der Waals surface area contributed by atoms with Gasteiger partial charge in [-0.25, -0.2) is 4.79 Å². The monoisotopic (exact) mass is 254 g/mol. The minimum atomic E-state index is -0.451. The van der Waals surface area contributed by atoms with E-state index in [2.05, 4.69) is 10.6 Å². The quantitative estimate of drug-likeness (QED) is 0.641. The van der Waals surface area contributed by atoms with Gasteiger partial charge in [0.15, 0.2) is 0 Å². The second-order valence-corrected chi connectivity index (χ2v) is 4.01. The summed E-state index contributed by atoms with van der Waals surface area (Å²) >= 11 is 0.